The first-order valence-corrected chi connectivity index (χ1v) is 9.89. The molecule has 2 aromatic rings. The summed E-state index contributed by atoms with van der Waals surface area (Å²) in [7, 11) is 3.50. The zero-order valence-corrected chi connectivity index (χ0v) is 16.8. The van der Waals surface area contributed by atoms with Crippen LogP contribution in [0.15, 0.2) is 30.3 Å². The topological polar surface area (TPSA) is 81.6 Å². The van der Waals surface area contributed by atoms with Gasteiger partial charge in [0, 0.05) is 50.4 Å². The van der Waals surface area contributed by atoms with Crippen LogP contribution >= 0.6 is 0 Å². The quantitative estimate of drug-likeness (QED) is 0.822. The minimum absolute atomic E-state index is 0.0183. The molecule has 7 nitrogen and oxygen atoms in total. The van der Waals surface area contributed by atoms with Crippen LogP contribution in [0.5, 0.6) is 5.75 Å². The number of aromatic nitrogens is 2. The van der Waals surface area contributed by atoms with Gasteiger partial charge in [-0.1, -0.05) is 0 Å². The molecule has 2 N–H and O–H groups in total. The number of anilines is 2. The Morgan fingerprint density at radius 1 is 1.21 bits per heavy atom. The molecular weight excluding hydrogens is 373 g/mol. The minimum Gasteiger partial charge on any atom is -0.507 e. The van der Waals surface area contributed by atoms with Crippen LogP contribution in [0.2, 0.25) is 0 Å². The molecule has 1 amide bonds. The first kappa shape index (κ1) is 19.6. The molecule has 2 saturated heterocycles. The first-order chi connectivity index (χ1) is 13.8. The second kappa shape index (κ2) is 7.59. The summed E-state index contributed by atoms with van der Waals surface area (Å²) in [5.41, 5.74) is 1.63. The van der Waals surface area contributed by atoms with Crippen LogP contribution in [-0.2, 0) is 4.79 Å². The second-order valence-electron chi connectivity index (χ2n) is 7.96. The number of nitrogens with one attached hydrogen (secondary N) is 1. The van der Waals surface area contributed by atoms with Crippen molar-refractivity contribution in [2.45, 2.75) is 50.5 Å². The van der Waals surface area contributed by atoms with E-state index in [-0.39, 0.29) is 23.7 Å². The number of phenolic OH excluding ortho intramolecular Hbond substituents is 1. The summed E-state index contributed by atoms with van der Waals surface area (Å²) in [6, 6.07) is 8.63. The molecule has 4 rings (SSSR count). The number of phenols is 1. The number of nitrogens with zero attached hydrogens (tertiary/aromatic N) is 4. The summed E-state index contributed by atoms with van der Waals surface area (Å²) in [5, 5.41) is 22.2. The molecule has 0 aliphatic carbocycles. The van der Waals surface area contributed by atoms with E-state index >= 15 is 0 Å². The summed E-state index contributed by atoms with van der Waals surface area (Å²) in [5.74, 6) is 0.502. The molecule has 2 unspecified atom stereocenters. The number of hydrogen-bond acceptors (Lipinski definition) is 6. The first-order valence-electron chi connectivity index (χ1n) is 9.89. The van der Waals surface area contributed by atoms with Crippen molar-refractivity contribution in [2.24, 2.45) is 0 Å². The number of piperidine rings is 1. The van der Waals surface area contributed by atoms with Gasteiger partial charge in [-0.2, -0.15) is 0 Å². The highest BCUT2D eigenvalue weighted by atomic mass is 19.1. The van der Waals surface area contributed by atoms with Gasteiger partial charge in [0.15, 0.2) is 5.82 Å². The smallest absolute Gasteiger partial charge is 0.223 e. The molecule has 3 heterocycles. The number of amides is 1. The van der Waals surface area contributed by atoms with Gasteiger partial charge in [0.05, 0.1) is 11.7 Å². The number of halogens is 1. The molecule has 4 atom stereocenters. The van der Waals surface area contributed by atoms with Gasteiger partial charge in [-0.3, -0.25) is 4.79 Å². The fraction of sp³-hybridized carbons (Fsp3) is 0.476. The predicted molar refractivity (Wildman–Crippen MR) is 110 cm³/mol. The van der Waals surface area contributed by atoms with Crippen molar-refractivity contribution < 1.29 is 14.3 Å². The van der Waals surface area contributed by atoms with E-state index in [0.717, 1.165) is 19.3 Å². The van der Waals surface area contributed by atoms with E-state index in [1.54, 1.807) is 31.3 Å². The molecule has 2 aliphatic rings. The van der Waals surface area contributed by atoms with E-state index in [1.807, 2.05) is 11.9 Å². The van der Waals surface area contributed by atoms with Crippen LogP contribution in [0.4, 0.5) is 15.9 Å². The van der Waals surface area contributed by atoms with Crippen molar-refractivity contribution >= 4 is 17.4 Å². The number of aromatic hydroxyl groups is 1. The predicted octanol–water partition coefficient (Wildman–Crippen LogP) is 2.50. The summed E-state index contributed by atoms with van der Waals surface area (Å²) in [6.45, 7) is 1.46. The van der Waals surface area contributed by atoms with Crippen molar-refractivity contribution in [3.05, 3.63) is 30.3 Å². The molecule has 8 heteroatoms. The van der Waals surface area contributed by atoms with Gasteiger partial charge < -0.3 is 20.2 Å². The number of benzene rings is 1. The monoisotopic (exact) mass is 399 g/mol. The average molecular weight is 399 g/mol. The maximum absolute atomic E-state index is 14.8. The van der Waals surface area contributed by atoms with E-state index < -0.39 is 6.17 Å². The van der Waals surface area contributed by atoms with Crippen molar-refractivity contribution in [3.63, 3.8) is 0 Å². The second-order valence-corrected chi connectivity index (χ2v) is 7.96. The Balaban J connectivity index is 1.53. The van der Waals surface area contributed by atoms with E-state index in [9.17, 15) is 14.3 Å². The van der Waals surface area contributed by atoms with Crippen LogP contribution in [0, 0.1) is 0 Å². The van der Waals surface area contributed by atoms with Crippen LogP contribution in [0.25, 0.3) is 11.3 Å². The third kappa shape index (κ3) is 3.64. The Hall–Kier alpha value is -2.74. The lowest BCUT2D eigenvalue weighted by Crippen LogP contribution is -2.55. The molecule has 2 bridgehead atoms. The number of alkyl halides is 1. The van der Waals surface area contributed by atoms with Gasteiger partial charge in [0.1, 0.15) is 11.9 Å². The van der Waals surface area contributed by atoms with E-state index in [2.05, 4.69) is 15.5 Å². The largest absolute Gasteiger partial charge is 0.507 e. The third-order valence-electron chi connectivity index (χ3n) is 6.18. The third-order valence-corrected chi connectivity index (χ3v) is 6.18. The van der Waals surface area contributed by atoms with Gasteiger partial charge in [-0.05, 0) is 43.5 Å². The molecule has 1 aromatic heterocycles. The van der Waals surface area contributed by atoms with Gasteiger partial charge in [-0.15, -0.1) is 10.2 Å². The zero-order chi connectivity index (χ0) is 20.7. The molecular formula is C21H26FN5O2. The number of carbonyl (C=O) groups is 1. The van der Waals surface area contributed by atoms with Gasteiger partial charge >= 0.3 is 0 Å². The summed E-state index contributed by atoms with van der Waals surface area (Å²) in [4.78, 5) is 14.8. The van der Waals surface area contributed by atoms with Crippen LogP contribution < -0.4 is 15.1 Å². The van der Waals surface area contributed by atoms with Gasteiger partial charge in [-0.25, -0.2) is 4.39 Å². The highest BCUT2D eigenvalue weighted by molar-refractivity contribution is 5.91. The van der Waals surface area contributed by atoms with Crippen LogP contribution in [0.1, 0.15) is 26.2 Å². The lowest BCUT2D eigenvalue weighted by Gasteiger charge is -2.38. The fourth-order valence-electron chi connectivity index (χ4n) is 4.30. The number of hydrogen-bond donors (Lipinski definition) is 2. The summed E-state index contributed by atoms with van der Waals surface area (Å²) >= 11 is 0. The van der Waals surface area contributed by atoms with Crippen molar-refractivity contribution in [1.29, 1.82) is 0 Å². The molecule has 0 spiro atoms. The average Bonchev–Trinajstić information content (AvgIpc) is 3.13. The maximum atomic E-state index is 14.8. The van der Waals surface area contributed by atoms with Crippen LogP contribution in [-0.4, -0.2) is 59.6 Å². The lowest BCUT2D eigenvalue weighted by atomic mass is 9.96. The normalized spacial score (nSPS) is 25.7. The molecule has 2 fully saturated rings. The summed E-state index contributed by atoms with van der Waals surface area (Å²) < 4.78 is 14.8. The Morgan fingerprint density at radius 2 is 2.00 bits per heavy atom. The minimum atomic E-state index is -0.935. The number of rotatable bonds is 4. The SMILES string of the molecule is CC(=O)N(C)c1ccc(-c2ccc(N(C)[C@@H]3CC4CCC(N4)[C@@H]3F)nn2)c(O)c1. The molecule has 0 saturated carbocycles. The van der Waals surface area contributed by atoms with E-state index in [4.69, 9.17) is 0 Å². The Labute approximate surface area is 169 Å². The molecule has 1 aromatic carbocycles. The standard InChI is InChI=1S/C21H26FN5O2/c1-12(28)26(2)14-5-6-15(19(29)11-14)16-8-9-20(25-24-16)27(3)18-10-13-4-7-17(23-13)21(18)22/h5-6,8-9,11,13,17-18,21,23,29H,4,7,10H2,1-3H3/t13?,17?,18-,21+/m1/s1. The van der Waals surface area contributed by atoms with E-state index in [1.165, 1.54) is 17.9 Å². The van der Waals surface area contributed by atoms with Crippen molar-refractivity contribution in [3.8, 4) is 17.0 Å². The lowest BCUT2D eigenvalue weighted by molar-refractivity contribution is -0.116. The Kier molecular flexibility index (Phi) is 5.12. The number of fused-ring (bicyclic) bond motifs is 2. The molecule has 2 aliphatic heterocycles. The van der Waals surface area contributed by atoms with Gasteiger partial charge in [0.2, 0.25) is 5.91 Å². The Morgan fingerprint density at radius 3 is 2.66 bits per heavy atom. The number of carbonyl (C=O) groups excluding carboxylic acids is 1. The summed E-state index contributed by atoms with van der Waals surface area (Å²) in [6.07, 6.45) is 1.72. The van der Waals surface area contributed by atoms with Crippen LogP contribution in [0.3, 0.4) is 0 Å². The zero-order valence-electron chi connectivity index (χ0n) is 16.8. The molecule has 29 heavy (non-hydrogen) atoms. The Bertz CT molecular complexity index is 906. The fourth-order valence-corrected chi connectivity index (χ4v) is 4.30. The molecule has 0 radical (unpaired) electrons. The highest BCUT2D eigenvalue weighted by Gasteiger charge is 2.43. The molecule has 154 valence electrons. The van der Waals surface area contributed by atoms with E-state index in [0.29, 0.717) is 28.8 Å². The van der Waals surface area contributed by atoms with Gasteiger partial charge in [0.25, 0.3) is 0 Å². The highest BCUT2D eigenvalue weighted by Crippen LogP contribution is 2.34. The maximum Gasteiger partial charge on any atom is 0.223 e. The van der Waals surface area contributed by atoms with Crippen molar-refractivity contribution in [2.75, 3.05) is 23.9 Å². The van der Waals surface area contributed by atoms with Crippen molar-refractivity contribution in [1.82, 2.24) is 15.5 Å².